The quantitative estimate of drug-likeness (QED) is 0.659. The van der Waals surface area contributed by atoms with Crippen LogP contribution in [0.25, 0.3) is 0 Å². The molecule has 2 aromatic rings. The third-order valence-corrected chi connectivity index (χ3v) is 6.65. The van der Waals surface area contributed by atoms with E-state index in [-0.39, 0.29) is 0 Å². The van der Waals surface area contributed by atoms with Crippen molar-refractivity contribution in [3.8, 4) is 11.5 Å². The van der Waals surface area contributed by atoms with Crippen molar-refractivity contribution in [1.29, 1.82) is 0 Å². The summed E-state index contributed by atoms with van der Waals surface area (Å²) in [6.45, 7) is 8.78. The normalized spacial score (nSPS) is 20.7. The molecule has 30 heavy (non-hydrogen) atoms. The van der Waals surface area contributed by atoms with Gasteiger partial charge < -0.3 is 19.3 Å². The number of nitrogens with zero attached hydrogens (tertiary/aromatic N) is 2. The Morgan fingerprint density at radius 2 is 1.87 bits per heavy atom. The van der Waals surface area contributed by atoms with Gasteiger partial charge in [-0.2, -0.15) is 0 Å². The molecule has 1 fully saturated rings. The van der Waals surface area contributed by atoms with Crippen LogP contribution in [0.1, 0.15) is 48.8 Å². The number of piperidine rings is 1. The van der Waals surface area contributed by atoms with Gasteiger partial charge in [-0.25, -0.2) is 0 Å². The van der Waals surface area contributed by atoms with Crippen molar-refractivity contribution < 1.29 is 9.47 Å². The fraction of sp³-hybridized carbons (Fsp3) is 0.538. The van der Waals surface area contributed by atoms with Crippen molar-refractivity contribution in [3.05, 3.63) is 59.2 Å². The molecule has 4 nitrogen and oxygen atoms in total. The highest BCUT2D eigenvalue weighted by atomic mass is 16.5. The fourth-order valence-electron chi connectivity index (χ4n) is 4.96. The predicted octanol–water partition coefficient (Wildman–Crippen LogP) is 4.77. The Labute approximate surface area is 181 Å². The number of methoxy groups -OCH3 is 1. The van der Waals surface area contributed by atoms with Gasteiger partial charge in [-0.3, -0.25) is 0 Å². The van der Waals surface area contributed by atoms with Gasteiger partial charge in [-0.05, 0) is 92.8 Å². The first kappa shape index (κ1) is 21.2. The smallest absolute Gasteiger partial charge is 0.119 e. The Balaban J connectivity index is 1.43. The minimum Gasteiger partial charge on any atom is -0.497 e. The molecule has 0 aliphatic carbocycles. The van der Waals surface area contributed by atoms with E-state index in [1.165, 1.54) is 55.6 Å². The van der Waals surface area contributed by atoms with Crippen LogP contribution in [-0.2, 0) is 6.54 Å². The largest absolute Gasteiger partial charge is 0.497 e. The van der Waals surface area contributed by atoms with E-state index in [4.69, 9.17) is 9.47 Å². The van der Waals surface area contributed by atoms with Crippen molar-refractivity contribution in [1.82, 2.24) is 9.80 Å². The summed E-state index contributed by atoms with van der Waals surface area (Å²) < 4.78 is 11.7. The molecule has 2 heterocycles. The van der Waals surface area contributed by atoms with Gasteiger partial charge in [0, 0.05) is 19.0 Å². The second kappa shape index (κ2) is 9.84. The summed E-state index contributed by atoms with van der Waals surface area (Å²) in [5.41, 5.74) is 4.11. The monoisotopic (exact) mass is 408 g/mol. The molecule has 0 radical (unpaired) electrons. The van der Waals surface area contributed by atoms with Crippen LogP contribution in [-0.4, -0.2) is 56.7 Å². The van der Waals surface area contributed by atoms with Gasteiger partial charge in [-0.1, -0.05) is 25.1 Å². The summed E-state index contributed by atoms with van der Waals surface area (Å²) in [6, 6.07) is 15.2. The first-order valence-electron chi connectivity index (χ1n) is 11.5. The summed E-state index contributed by atoms with van der Waals surface area (Å²) in [7, 11) is 3.94. The van der Waals surface area contributed by atoms with Crippen molar-refractivity contribution in [2.75, 3.05) is 46.9 Å². The Hall–Kier alpha value is -2.04. The lowest BCUT2D eigenvalue weighted by Crippen LogP contribution is -2.36. The molecule has 1 unspecified atom stereocenters. The maximum Gasteiger partial charge on any atom is 0.119 e. The zero-order chi connectivity index (χ0) is 20.9. The second-order valence-electron chi connectivity index (χ2n) is 8.98. The summed E-state index contributed by atoms with van der Waals surface area (Å²) in [4.78, 5) is 4.99. The number of hydrogen-bond acceptors (Lipinski definition) is 4. The van der Waals surface area contributed by atoms with Crippen molar-refractivity contribution in [2.24, 2.45) is 5.92 Å². The van der Waals surface area contributed by atoms with E-state index in [1.54, 1.807) is 7.11 Å². The van der Waals surface area contributed by atoms with Gasteiger partial charge in [0.15, 0.2) is 0 Å². The third-order valence-electron chi connectivity index (χ3n) is 6.65. The lowest BCUT2D eigenvalue weighted by Gasteiger charge is -2.33. The third kappa shape index (κ3) is 4.98. The molecule has 1 atom stereocenters. The van der Waals surface area contributed by atoms with Crippen LogP contribution in [0.4, 0.5) is 0 Å². The van der Waals surface area contributed by atoms with Crippen molar-refractivity contribution in [3.63, 3.8) is 0 Å². The first-order valence-corrected chi connectivity index (χ1v) is 11.5. The zero-order valence-corrected chi connectivity index (χ0v) is 18.8. The van der Waals surface area contributed by atoms with E-state index < -0.39 is 0 Å². The van der Waals surface area contributed by atoms with Crippen LogP contribution >= 0.6 is 0 Å². The molecular weight excluding hydrogens is 372 g/mol. The van der Waals surface area contributed by atoms with E-state index in [1.807, 2.05) is 6.07 Å². The molecule has 4 rings (SSSR count). The van der Waals surface area contributed by atoms with E-state index in [0.29, 0.717) is 11.8 Å². The van der Waals surface area contributed by atoms with E-state index in [2.05, 4.69) is 60.2 Å². The Morgan fingerprint density at radius 3 is 2.63 bits per heavy atom. The number of likely N-dealkylation sites (N-methyl/N-ethyl adjacent to an activating group) is 1. The fourth-order valence-corrected chi connectivity index (χ4v) is 4.96. The molecule has 0 bridgehead atoms. The SMILES string of the molecule is CCCN1CCC(COc2ccc3c(c2)CN(C)CC3c2cccc(OC)c2)CC1. The van der Waals surface area contributed by atoms with E-state index >= 15 is 0 Å². The Morgan fingerprint density at radius 1 is 1.03 bits per heavy atom. The minimum absolute atomic E-state index is 0.366. The molecular formula is C26H36N2O2. The maximum absolute atomic E-state index is 6.26. The number of hydrogen-bond donors (Lipinski definition) is 0. The Bertz CT molecular complexity index is 830. The number of rotatable bonds is 7. The molecule has 2 aliphatic rings. The minimum atomic E-state index is 0.366. The zero-order valence-electron chi connectivity index (χ0n) is 18.8. The van der Waals surface area contributed by atoms with E-state index in [0.717, 1.165) is 31.2 Å². The van der Waals surface area contributed by atoms with Gasteiger partial charge in [0.2, 0.25) is 0 Å². The van der Waals surface area contributed by atoms with Gasteiger partial charge >= 0.3 is 0 Å². The van der Waals surface area contributed by atoms with Gasteiger partial charge in [0.05, 0.1) is 13.7 Å². The number of fused-ring (bicyclic) bond motifs is 1. The molecule has 2 aromatic carbocycles. The number of ether oxygens (including phenoxy) is 2. The van der Waals surface area contributed by atoms with Crippen molar-refractivity contribution >= 4 is 0 Å². The highest BCUT2D eigenvalue weighted by Crippen LogP contribution is 2.36. The molecule has 0 saturated carbocycles. The second-order valence-corrected chi connectivity index (χ2v) is 8.98. The lowest BCUT2D eigenvalue weighted by atomic mass is 9.84. The molecule has 0 amide bonds. The highest BCUT2D eigenvalue weighted by molar-refractivity contribution is 5.45. The topological polar surface area (TPSA) is 24.9 Å². The molecule has 162 valence electrons. The summed E-state index contributed by atoms with van der Waals surface area (Å²) in [6.07, 6.45) is 3.76. The summed E-state index contributed by atoms with van der Waals surface area (Å²) >= 11 is 0. The lowest BCUT2D eigenvalue weighted by molar-refractivity contribution is 0.141. The number of likely N-dealkylation sites (tertiary alicyclic amines) is 1. The predicted molar refractivity (Wildman–Crippen MR) is 123 cm³/mol. The molecule has 4 heteroatoms. The van der Waals surface area contributed by atoms with Gasteiger partial charge in [-0.15, -0.1) is 0 Å². The Kier molecular flexibility index (Phi) is 6.96. The standard InChI is InChI=1S/C26H36N2O2/c1-4-12-28-13-10-20(11-14-28)19-30-24-8-9-25-22(16-24)17-27(2)18-26(25)21-6-5-7-23(15-21)29-3/h5-9,15-16,20,26H,4,10-14,17-19H2,1-3H3. The summed E-state index contributed by atoms with van der Waals surface area (Å²) in [5.74, 6) is 2.99. The first-order chi connectivity index (χ1) is 14.7. The molecule has 0 N–H and O–H groups in total. The van der Waals surface area contributed by atoms with Crippen LogP contribution in [0.2, 0.25) is 0 Å². The van der Waals surface area contributed by atoms with Gasteiger partial charge in [0.25, 0.3) is 0 Å². The van der Waals surface area contributed by atoms with Crippen LogP contribution in [0, 0.1) is 5.92 Å². The number of benzene rings is 2. The molecule has 2 aliphatic heterocycles. The van der Waals surface area contributed by atoms with Crippen molar-refractivity contribution in [2.45, 2.75) is 38.6 Å². The van der Waals surface area contributed by atoms with Crippen LogP contribution in [0.15, 0.2) is 42.5 Å². The molecule has 1 saturated heterocycles. The average molecular weight is 409 g/mol. The molecule has 0 spiro atoms. The highest BCUT2D eigenvalue weighted by Gasteiger charge is 2.26. The van der Waals surface area contributed by atoms with Crippen LogP contribution in [0.5, 0.6) is 11.5 Å². The maximum atomic E-state index is 6.26. The van der Waals surface area contributed by atoms with Crippen LogP contribution in [0.3, 0.4) is 0 Å². The van der Waals surface area contributed by atoms with Crippen LogP contribution < -0.4 is 9.47 Å². The molecule has 0 aromatic heterocycles. The summed E-state index contributed by atoms with van der Waals surface area (Å²) in [5, 5.41) is 0. The van der Waals surface area contributed by atoms with E-state index in [9.17, 15) is 0 Å². The average Bonchev–Trinajstić information content (AvgIpc) is 2.78. The van der Waals surface area contributed by atoms with Gasteiger partial charge in [0.1, 0.15) is 11.5 Å².